The summed E-state index contributed by atoms with van der Waals surface area (Å²) < 4.78 is 38.5. The van der Waals surface area contributed by atoms with E-state index in [9.17, 15) is 0 Å². The van der Waals surface area contributed by atoms with Crippen molar-refractivity contribution in [2.45, 2.75) is 6.85 Å². The summed E-state index contributed by atoms with van der Waals surface area (Å²) in [6, 6.07) is 7.04. The lowest BCUT2D eigenvalue weighted by Gasteiger charge is -1.96. The highest BCUT2D eigenvalue weighted by atomic mass is 79.9. The van der Waals surface area contributed by atoms with Gasteiger partial charge >= 0.3 is 0 Å². The number of hydrogen-bond donors (Lipinski definition) is 0. The minimum atomic E-state index is -2.33. The van der Waals surface area contributed by atoms with Crippen LogP contribution in [0.2, 0.25) is 0 Å². The summed E-state index contributed by atoms with van der Waals surface area (Å²) in [5.41, 5.74) is 0.761. The molecule has 0 radical (unpaired) electrons. The Morgan fingerprint density at radius 3 is 2.69 bits per heavy atom. The maximum atomic E-state index is 7.85. The van der Waals surface area contributed by atoms with Crippen molar-refractivity contribution in [1.82, 2.24) is 0 Å². The first-order valence-electron chi connectivity index (χ1n) is 6.17. The van der Waals surface area contributed by atoms with E-state index in [1.165, 1.54) is 0 Å². The van der Waals surface area contributed by atoms with Crippen molar-refractivity contribution in [3.05, 3.63) is 45.7 Å². The van der Waals surface area contributed by atoms with Gasteiger partial charge in [-0.05, 0) is 36.6 Å². The molecule has 0 N–H and O–H groups in total. The van der Waals surface area contributed by atoms with Crippen LogP contribution in [-0.4, -0.2) is 0 Å². The van der Waals surface area contributed by atoms with Gasteiger partial charge in [0.1, 0.15) is 0 Å². The smallest absolute Gasteiger partial charge is 0.0638 e. The van der Waals surface area contributed by atoms with Crippen molar-refractivity contribution >= 4 is 27.3 Å². The summed E-state index contributed by atoms with van der Waals surface area (Å²) in [6.45, 7) is -2.33. The number of hydrogen-bond acceptors (Lipinski definition) is 1. The van der Waals surface area contributed by atoms with E-state index in [2.05, 4.69) is 15.9 Å². The summed E-state index contributed by atoms with van der Waals surface area (Å²) in [4.78, 5) is 0.504. The largest absolute Gasteiger partial charge is 0.141 e. The lowest BCUT2D eigenvalue weighted by molar-refractivity contribution is 1.63. The Labute approximate surface area is 97.4 Å². The summed E-state index contributed by atoms with van der Waals surface area (Å²) in [7, 11) is 0. The number of aryl methyl sites for hydroxylation is 1. The fourth-order valence-corrected chi connectivity index (χ4v) is 1.93. The van der Waals surface area contributed by atoms with Gasteiger partial charge in [0.25, 0.3) is 0 Å². The van der Waals surface area contributed by atoms with Crippen molar-refractivity contribution in [2.75, 3.05) is 0 Å². The topological polar surface area (TPSA) is 0 Å². The van der Waals surface area contributed by atoms with Crippen LogP contribution in [0, 0.1) is 6.85 Å². The molecule has 0 aliphatic carbocycles. The Morgan fingerprint density at radius 1 is 1.31 bits per heavy atom. The summed E-state index contributed by atoms with van der Waals surface area (Å²) in [5.74, 6) is 0. The Morgan fingerprint density at radius 2 is 2.08 bits per heavy atom. The Hall–Kier alpha value is -0.600. The first kappa shape index (κ1) is 4.76. The van der Waals surface area contributed by atoms with E-state index in [1.807, 2.05) is 12.1 Å². The third-order valence-electron chi connectivity index (χ3n) is 1.60. The highest BCUT2D eigenvalue weighted by Gasteiger charge is 1.99. The fourth-order valence-electron chi connectivity index (χ4n) is 0.999. The van der Waals surface area contributed by atoms with E-state index >= 15 is 0 Å². The molecule has 1 aromatic carbocycles. The van der Waals surface area contributed by atoms with E-state index < -0.39 is 6.85 Å². The van der Waals surface area contributed by atoms with Crippen LogP contribution < -0.4 is 0 Å². The van der Waals surface area contributed by atoms with Gasteiger partial charge in [0.05, 0.1) is 2.74 Å². The second-order valence-corrected chi connectivity index (χ2v) is 4.45. The van der Waals surface area contributed by atoms with E-state index in [1.54, 1.807) is 12.1 Å². The van der Waals surface area contributed by atoms with Gasteiger partial charge in [-0.15, -0.1) is 11.3 Å². The molecular formula is C11H9BrS. The minimum Gasteiger partial charge on any atom is -0.141 e. The molecule has 0 spiro atoms. The molecule has 0 amide bonds. The van der Waals surface area contributed by atoms with E-state index in [-0.39, 0.29) is 17.0 Å². The summed E-state index contributed by atoms with van der Waals surface area (Å²) in [6.07, 6.45) is 0. The molecular weight excluding hydrogens is 244 g/mol. The zero-order valence-corrected chi connectivity index (χ0v) is 9.00. The van der Waals surface area contributed by atoms with Crippen molar-refractivity contribution in [1.29, 1.82) is 0 Å². The van der Waals surface area contributed by atoms with Crippen LogP contribution in [0.15, 0.2) is 40.8 Å². The Kier molecular flexibility index (Phi) is 1.33. The number of rotatable bonds is 1. The van der Waals surface area contributed by atoms with Crippen LogP contribution >= 0.6 is 27.3 Å². The van der Waals surface area contributed by atoms with Gasteiger partial charge in [0.2, 0.25) is 0 Å². The summed E-state index contributed by atoms with van der Waals surface area (Å²) in [5, 5.41) is 0. The van der Waals surface area contributed by atoms with Gasteiger partial charge in [-0.25, -0.2) is 0 Å². The molecule has 0 aliphatic heterocycles. The molecule has 0 fully saturated rings. The third kappa shape index (κ3) is 2.01. The van der Waals surface area contributed by atoms with Crippen molar-refractivity contribution in [3.63, 3.8) is 0 Å². The first-order chi connectivity index (χ1) is 8.30. The van der Waals surface area contributed by atoms with Crippen LogP contribution in [-0.2, 0) is 0 Å². The van der Waals surface area contributed by atoms with Crippen molar-refractivity contribution in [3.8, 4) is 10.4 Å². The molecule has 66 valence electrons. The molecule has 0 saturated heterocycles. The second kappa shape index (κ2) is 3.64. The molecule has 2 rings (SSSR count). The van der Waals surface area contributed by atoms with Crippen LogP contribution in [0.25, 0.3) is 10.4 Å². The monoisotopic (exact) mass is 257 g/mol. The summed E-state index contributed by atoms with van der Waals surface area (Å²) >= 11 is 4.32. The van der Waals surface area contributed by atoms with Gasteiger partial charge in [-0.3, -0.25) is 0 Å². The van der Waals surface area contributed by atoms with Gasteiger partial charge < -0.3 is 0 Å². The normalized spacial score (nSPS) is 16.8. The predicted octanol–water partition coefficient (Wildman–Crippen LogP) is 4.49. The van der Waals surface area contributed by atoms with Gasteiger partial charge in [0, 0.05) is 18.3 Å². The third-order valence-corrected chi connectivity index (χ3v) is 2.98. The molecule has 0 aliphatic rings. The standard InChI is InChI=1S/C11H9BrS/c1-8-2-7-11(13-8)9-3-5-10(12)6-4-9/h2-7H,1H3/i1D3,2D,7D. The molecule has 1 heterocycles. The number of benzene rings is 1. The van der Waals surface area contributed by atoms with Crippen LogP contribution in [0.1, 0.15) is 11.7 Å². The molecule has 13 heavy (non-hydrogen) atoms. The molecule has 1 aromatic heterocycles. The quantitative estimate of drug-likeness (QED) is 0.707. The lowest BCUT2D eigenvalue weighted by Crippen LogP contribution is -1.69. The zero-order valence-electron chi connectivity index (χ0n) is 11.6. The van der Waals surface area contributed by atoms with Gasteiger partial charge in [-0.1, -0.05) is 28.1 Å². The molecule has 2 heteroatoms. The van der Waals surface area contributed by atoms with Gasteiger partial charge in [-0.2, -0.15) is 0 Å². The average Bonchev–Trinajstić information content (AvgIpc) is 2.57. The highest BCUT2D eigenvalue weighted by molar-refractivity contribution is 9.10. The fraction of sp³-hybridized carbons (Fsp3) is 0.0909. The van der Waals surface area contributed by atoms with E-state index in [0.717, 1.165) is 21.4 Å². The van der Waals surface area contributed by atoms with E-state index in [0.29, 0.717) is 4.88 Å². The molecule has 0 atom stereocenters. The first-order valence-corrected chi connectivity index (χ1v) is 5.28. The molecule has 0 unspecified atom stereocenters. The average molecular weight is 258 g/mol. The number of halogens is 1. The van der Waals surface area contributed by atoms with Crippen molar-refractivity contribution in [2.24, 2.45) is 0 Å². The molecule has 0 bridgehead atoms. The maximum absolute atomic E-state index is 7.85. The molecule has 0 saturated carbocycles. The number of thiophene rings is 1. The maximum Gasteiger partial charge on any atom is 0.0638 e. The Bertz CT molecular complexity index is 570. The lowest BCUT2D eigenvalue weighted by atomic mass is 10.2. The second-order valence-electron chi connectivity index (χ2n) is 2.52. The zero-order chi connectivity index (χ0) is 13.5. The molecule has 2 aromatic rings. The molecule has 0 nitrogen and oxygen atoms in total. The highest BCUT2D eigenvalue weighted by Crippen LogP contribution is 2.28. The minimum absolute atomic E-state index is 0.0200. The predicted molar refractivity (Wildman–Crippen MR) is 62.2 cm³/mol. The SMILES string of the molecule is [2H]c1c(-c2ccc(Br)cc2)sc(C([2H])([2H])[2H])c1[2H]. The van der Waals surface area contributed by atoms with Crippen molar-refractivity contribution < 1.29 is 6.85 Å². The van der Waals surface area contributed by atoms with Crippen LogP contribution in [0.4, 0.5) is 0 Å². The Balaban J connectivity index is 2.56. The van der Waals surface area contributed by atoms with Crippen LogP contribution in [0.5, 0.6) is 0 Å². The van der Waals surface area contributed by atoms with E-state index in [4.69, 9.17) is 6.85 Å². The van der Waals surface area contributed by atoms with Gasteiger partial charge in [0.15, 0.2) is 0 Å². The van der Waals surface area contributed by atoms with Crippen LogP contribution in [0.3, 0.4) is 0 Å².